The number of hydrogen-bond acceptors (Lipinski definition) is 9. The van der Waals surface area contributed by atoms with Gasteiger partial charge in [-0.1, -0.05) is 212 Å². The molecule has 1 saturated heterocycles. The number of rotatable bonds is 47. The molecule has 1 aliphatic heterocycles. The molecule has 0 aromatic carbocycles. The van der Waals surface area contributed by atoms with Crippen LogP contribution in [0.4, 0.5) is 0 Å². The van der Waals surface area contributed by atoms with E-state index in [1.165, 1.54) is 44.9 Å². The molecule has 408 valence electrons. The lowest BCUT2D eigenvalue weighted by Gasteiger charge is -2.39. The first-order valence-electron chi connectivity index (χ1n) is 28.3. The summed E-state index contributed by atoms with van der Waals surface area (Å²) in [5.41, 5.74) is 0. The molecule has 0 aromatic heterocycles. The van der Waals surface area contributed by atoms with Crippen molar-refractivity contribution in [1.82, 2.24) is 0 Å². The summed E-state index contributed by atoms with van der Waals surface area (Å²) in [6, 6.07) is 0. The molecular formula is C63H102O9. The van der Waals surface area contributed by atoms with Gasteiger partial charge in [0.1, 0.15) is 30.5 Å². The molecule has 0 amide bonds. The number of aliphatic hydroxyl groups excluding tert-OH is 4. The van der Waals surface area contributed by atoms with Crippen molar-refractivity contribution in [2.45, 2.75) is 230 Å². The second-order valence-corrected chi connectivity index (χ2v) is 18.6. The predicted octanol–water partition coefficient (Wildman–Crippen LogP) is 14.8. The zero-order chi connectivity index (χ0) is 52.1. The Morgan fingerprint density at radius 1 is 0.444 bits per heavy atom. The number of esters is 1. The van der Waals surface area contributed by atoms with E-state index < -0.39 is 43.4 Å². The Hall–Kier alpha value is -3.67. The number of unbranched alkanes of at least 4 members (excludes halogenated alkanes) is 14. The molecule has 72 heavy (non-hydrogen) atoms. The van der Waals surface area contributed by atoms with Gasteiger partial charge in [0.25, 0.3) is 0 Å². The van der Waals surface area contributed by atoms with Crippen molar-refractivity contribution < 1.29 is 44.2 Å². The third kappa shape index (κ3) is 41.8. The molecule has 9 nitrogen and oxygen atoms in total. The minimum Gasteiger partial charge on any atom is -0.457 e. The molecule has 6 atom stereocenters. The van der Waals surface area contributed by atoms with Gasteiger partial charge >= 0.3 is 5.97 Å². The van der Waals surface area contributed by atoms with Crippen LogP contribution in [0.25, 0.3) is 0 Å². The second-order valence-electron chi connectivity index (χ2n) is 18.6. The molecule has 9 heteroatoms. The van der Waals surface area contributed by atoms with E-state index in [1.54, 1.807) is 0 Å². The summed E-state index contributed by atoms with van der Waals surface area (Å²) < 4.78 is 22.9. The van der Waals surface area contributed by atoms with E-state index in [2.05, 4.69) is 148 Å². The fourth-order valence-corrected chi connectivity index (χ4v) is 7.76. The van der Waals surface area contributed by atoms with Gasteiger partial charge in [0.05, 0.1) is 19.8 Å². The lowest BCUT2D eigenvalue weighted by atomic mass is 9.99. The van der Waals surface area contributed by atoms with E-state index in [4.69, 9.17) is 18.9 Å². The quantitative estimate of drug-likeness (QED) is 0.0267. The van der Waals surface area contributed by atoms with Crippen molar-refractivity contribution in [3.63, 3.8) is 0 Å². The van der Waals surface area contributed by atoms with Gasteiger partial charge in [0.15, 0.2) is 6.29 Å². The van der Waals surface area contributed by atoms with Crippen molar-refractivity contribution in [2.24, 2.45) is 0 Å². The number of carbonyl (C=O) groups excluding carboxylic acids is 1. The lowest BCUT2D eigenvalue weighted by Crippen LogP contribution is -2.59. The van der Waals surface area contributed by atoms with Crippen molar-refractivity contribution >= 4 is 5.97 Å². The number of ether oxygens (including phenoxy) is 4. The van der Waals surface area contributed by atoms with Gasteiger partial charge < -0.3 is 39.4 Å². The zero-order valence-corrected chi connectivity index (χ0v) is 45.1. The topological polar surface area (TPSA) is 135 Å². The molecule has 4 N–H and O–H groups in total. The number of aliphatic hydroxyl groups is 4. The molecule has 1 rings (SSSR count). The van der Waals surface area contributed by atoms with Crippen LogP contribution in [0.5, 0.6) is 0 Å². The first-order valence-corrected chi connectivity index (χ1v) is 28.3. The number of allylic oxidation sites excluding steroid dienone is 22. The van der Waals surface area contributed by atoms with E-state index in [9.17, 15) is 25.2 Å². The van der Waals surface area contributed by atoms with Gasteiger partial charge in [-0.15, -0.1) is 0 Å². The fraction of sp³-hybridized carbons (Fsp3) is 0.635. The number of hydrogen-bond donors (Lipinski definition) is 4. The van der Waals surface area contributed by atoms with Crippen LogP contribution in [0.2, 0.25) is 0 Å². The van der Waals surface area contributed by atoms with Gasteiger partial charge in [-0.3, -0.25) is 4.79 Å². The van der Waals surface area contributed by atoms with E-state index >= 15 is 0 Å². The van der Waals surface area contributed by atoms with Gasteiger partial charge in [0, 0.05) is 13.0 Å². The molecule has 6 unspecified atom stereocenters. The Balaban J connectivity index is 2.22. The molecule has 1 fully saturated rings. The van der Waals surface area contributed by atoms with Crippen LogP contribution in [-0.4, -0.2) is 89.6 Å². The summed E-state index contributed by atoms with van der Waals surface area (Å²) in [4.78, 5) is 12.9. The average molecular weight is 1000 g/mol. The van der Waals surface area contributed by atoms with Gasteiger partial charge in [0.2, 0.25) is 0 Å². The van der Waals surface area contributed by atoms with Crippen LogP contribution in [0.1, 0.15) is 194 Å². The van der Waals surface area contributed by atoms with Gasteiger partial charge in [-0.25, -0.2) is 0 Å². The Morgan fingerprint density at radius 3 is 1.21 bits per heavy atom. The van der Waals surface area contributed by atoms with Gasteiger partial charge in [-0.2, -0.15) is 0 Å². The molecule has 0 bridgehead atoms. The summed E-state index contributed by atoms with van der Waals surface area (Å²) in [5.74, 6) is -0.333. The van der Waals surface area contributed by atoms with Crippen LogP contribution in [0.15, 0.2) is 134 Å². The fourth-order valence-electron chi connectivity index (χ4n) is 7.76. The normalized spacial score (nSPS) is 19.8. The molecule has 1 aliphatic rings. The van der Waals surface area contributed by atoms with Crippen molar-refractivity contribution in [2.75, 3.05) is 26.4 Å². The minimum atomic E-state index is -1.55. The molecule has 1 heterocycles. The van der Waals surface area contributed by atoms with Crippen molar-refractivity contribution in [3.05, 3.63) is 134 Å². The monoisotopic (exact) mass is 1000 g/mol. The predicted molar refractivity (Wildman–Crippen MR) is 302 cm³/mol. The third-order valence-electron chi connectivity index (χ3n) is 12.1. The van der Waals surface area contributed by atoms with Crippen LogP contribution < -0.4 is 0 Å². The minimum absolute atomic E-state index is 0.116. The molecular weight excluding hydrogens is 901 g/mol. The Morgan fingerprint density at radius 2 is 0.806 bits per heavy atom. The van der Waals surface area contributed by atoms with Crippen LogP contribution >= 0.6 is 0 Å². The van der Waals surface area contributed by atoms with Crippen molar-refractivity contribution in [3.8, 4) is 0 Å². The molecule has 0 aromatic rings. The standard InChI is InChI=1S/C63H102O9/c1-3-5-7-9-11-13-15-17-19-21-23-25-27-28-29-31-33-35-37-39-41-43-45-47-49-51-53-69-55-57(56-70-63-62(68)61(67)60(66)58(54-64)72-63)71-59(65)52-50-48-46-44-42-40-38-36-34-32-30-26-24-22-20-18-16-14-12-10-8-6-4-2/h5-8,11-14,17-20,23-26,28-29,33,35,39,41,57-58,60-64,66-68H,3-4,9-10,15-16,21-22,27,30-32,34,36-38,40,42-56H2,1-2H3/b7-5-,8-6-,13-11-,14-12-,19-17-,20-18-,25-23-,26-24-,29-28-,35-33-,41-39-. The molecule has 0 spiro atoms. The van der Waals surface area contributed by atoms with E-state index in [0.29, 0.717) is 13.0 Å². The van der Waals surface area contributed by atoms with E-state index in [-0.39, 0.29) is 19.2 Å². The first-order chi connectivity index (χ1) is 35.4. The van der Waals surface area contributed by atoms with E-state index in [0.717, 1.165) is 128 Å². The highest BCUT2D eigenvalue weighted by atomic mass is 16.7. The summed E-state index contributed by atoms with van der Waals surface area (Å²) in [5, 5.41) is 40.4. The zero-order valence-electron chi connectivity index (χ0n) is 45.1. The summed E-state index contributed by atoms with van der Waals surface area (Å²) in [7, 11) is 0. The smallest absolute Gasteiger partial charge is 0.306 e. The third-order valence-corrected chi connectivity index (χ3v) is 12.1. The van der Waals surface area contributed by atoms with E-state index in [1.807, 2.05) is 0 Å². The molecule has 0 aliphatic carbocycles. The number of carbonyl (C=O) groups is 1. The maximum absolute atomic E-state index is 12.9. The largest absolute Gasteiger partial charge is 0.457 e. The van der Waals surface area contributed by atoms with Crippen molar-refractivity contribution in [1.29, 1.82) is 0 Å². The summed E-state index contributed by atoms with van der Waals surface area (Å²) >= 11 is 0. The summed E-state index contributed by atoms with van der Waals surface area (Å²) in [6.07, 6.45) is 70.6. The average Bonchev–Trinajstić information content (AvgIpc) is 3.38. The Kier molecular flexibility index (Phi) is 48.1. The Labute approximate surface area is 439 Å². The SMILES string of the molecule is CC/C=C\C/C=C\C/C=C\C/C=C\C/C=C\C/C=C\C/C=C\CCCCCCOCC(COC1OC(CO)C(O)C(O)C1O)OC(=O)CCCCCCCCCCCC/C=C\C/C=C\C/C=C\C/C=C\CC. The van der Waals surface area contributed by atoms with Crippen LogP contribution in [0, 0.1) is 0 Å². The van der Waals surface area contributed by atoms with Crippen LogP contribution in [0.3, 0.4) is 0 Å². The highest BCUT2D eigenvalue weighted by molar-refractivity contribution is 5.69. The first kappa shape index (κ1) is 66.3. The lowest BCUT2D eigenvalue weighted by molar-refractivity contribution is -0.305. The van der Waals surface area contributed by atoms with Crippen LogP contribution in [-0.2, 0) is 23.7 Å². The molecule has 0 radical (unpaired) electrons. The van der Waals surface area contributed by atoms with Gasteiger partial charge in [-0.05, 0) is 109 Å². The second kappa shape index (κ2) is 52.2. The maximum atomic E-state index is 12.9. The Bertz CT molecular complexity index is 1560. The summed E-state index contributed by atoms with van der Waals surface area (Å²) in [6.45, 7) is 4.25. The highest BCUT2D eigenvalue weighted by Crippen LogP contribution is 2.23. The maximum Gasteiger partial charge on any atom is 0.306 e. The highest BCUT2D eigenvalue weighted by Gasteiger charge is 2.44. The molecule has 0 saturated carbocycles.